The largest absolute Gasteiger partial charge is 0.512 e. The Morgan fingerprint density at radius 3 is 2.42 bits per heavy atom. The molecule has 162 valence electrons. The zero-order chi connectivity index (χ0) is 23.0. The van der Waals surface area contributed by atoms with Gasteiger partial charge in [-0.05, 0) is 36.5 Å². The van der Waals surface area contributed by atoms with Crippen LogP contribution in [-0.4, -0.2) is 29.3 Å². The second-order valence-electron chi connectivity index (χ2n) is 7.78. The Balaban J connectivity index is 2.45. The highest BCUT2D eigenvalue weighted by atomic mass is 16.8. The minimum atomic E-state index is -0.953. The molecule has 1 aromatic heterocycles. The first-order valence-electron chi connectivity index (χ1n) is 9.87. The van der Waals surface area contributed by atoms with E-state index < -0.39 is 12.9 Å². The van der Waals surface area contributed by atoms with E-state index in [4.69, 9.17) is 15.9 Å². The second kappa shape index (κ2) is 10.4. The van der Waals surface area contributed by atoms with Gasteiger partial charge in [0.05, 0.1) is 5.69 Å². The molecule has 0 bridgehead atoms. The minimum Gasteiger partial charge on any atom is -0.454 e. The van der Waals surface area contributed by atoms with Gasteiger partial charge in [-0.2, -0.15) is 10.4 Å². The fourth-order valence-corrected chi connectivity index (χ4v) is 2.91. The first-order chi connectivity index (χ1) is 14.7. The Labute approximate surface area is 183 Å². The summed E-state index contributed by atoms with van der Waals surface area (Å²) in [5.74, 6) is 2.44. The van der Waals surface area contributed by atoms with Crippen LogP contribution in [0.25, 0.3) is 11.3 Å². The number of carbonyl (C=O) groups is 1. The van der Waals surface area contributed by atoms with E-state index in [1.165, 1.54) is 0 Å². The molecule has 1 aromatic carbocycles. The fourth-order valence-electron chi connectivity index (χ4n) is 2.91. The van der Waals surface area contributed by atoms with Crippen molar-refractivity contribution in [1.82, 2.24) is 9.78 Å². The van der Waals surface area contributed by atoms with E-state index >= 15 is 0 Å². The van der Waals surface area contributed by atoms with Crippen molar-refractivity contribution < 1.29 is 19.0 Å². The molecule has 2 rings (SSSR count). The summed E-state index contributed by atoms with van der Waals surface area (Å²) >= 11 is 0. The van der Waals surface area contributed by atoms with E-state index in [0.29, 0.717) is 23.4 Å². The number of hydrogen-bond donors (Lipinski definition) is 0. The van der Waals surface area contributed by atoms with Crippen molar-refractivity contribution in [2.45, 2.75) is 46.6 Å². The molecule has 0 radical (unpaired) electrons. The Morgan fingerprint density at radius 1 is 1.19 bits per heavy atom. The van der Waals surface area contributed by atoms with Gasteiger partial charge in [0.15, 0.2) is 12.4 Å². The van der Waals surface area contributed by atoms with Crippen LogP contribution in [-0.2, 0) is 26.2 Å². The lowest BCUT2D eigenvalue weighted by Crippen LogP contribution is -2.13. The summed E-state index contributed by atoms with van der Waals surface area (Å²) in [4.78, 5) is 11.6. The van der Waals surface area contributed by atoms with Crippen LogP contribution in [0, 0.1) is 30.6 Å². The number of allylic oxidation sites excluding steroid dienone is 1. The molecule has 7 heteroatoms. The molecule has 2 aromatic rings. The maximum atomic E-state index is 11.6. The van der Waals surface area contributed by atoms with Gasteiger partial charge in [-0.1, -0.05) is 51.0 Å². The number of ether oxygens (including phenoxy) is 3. The molecule has 0 saturated carbocycles. The lowest BCUT2D eigenvalue weighted by molar-refractivity contribution is -0.000858. The maximum Gasteiger partial charge on any atom is 0.512 e. The van der Waals surface area contributed by atoms with Gasteiger partial charge in [0.25, 0.3) is 0 Å². The van der Waals surface area contributed by atoms with E-state index in [1.807, 2.05) is 44.2 Å². The molecule has 0 aliphatic carbocycles. The van der Waals surface area contributed by atoms with Crippen LogP contribution < -0.4 is 0 Å². The average molecular weight is 421 g/mol. The third-order valence-corrected chi connectivity index (χ3v) is 4.47. The van der Waals surface area contributed by atoms with E-state index in [1.54, 1.807) is 4.68 Å². The van der Waals surface area contributed by atoms with E-state index in [-0.39, 0.29) is 17.8 Å². The molecule has 0 atom stereocenters. The fraction of sp³-hybridized carbons (Fsp3) is 0.375. The van der Waals surface area contributed by atoms with Crippen molar-refractivity contribution in [2.75, 3.05) is 13.4 Å². The molecule has 0 saturated heterocycles. The third-order valence-electron chi connectivity index (χ3n) is 4.47. The van der Waals surface area contributed by atoms with Gasteiger partial charge in [-0.15, -0.1) is 6.42 Å². The van der Waals surface area contributed by atoms with Crippen molar-refractivity contribution in [3.05, 3.63) is 52.8 Å². The molecule has 0 N–H and O–H groups in total. The smallest absolute Gasteiger partial charge is 0.454 e. The van der Waals surface area contributed by atoms with Crippen LogP contribution in [0.1, 0.15) is 50.2 Å². The SMILES string of the molecule is C#CCOC(=O)OCO/C(=C(/C#N)c1ccc(C(C)(C)C)cc1)c1cc(C)nn1CC. The quantitative estimate of drug-likeness (QED) is 0.212. The number of aromatic nitrogens is 2. The summed E-state index contributed by atoms with van der Waals surface area (Å²) in [5.41, 5.74) is 3.49. The zero-order valence-electron chi connectivity index (χ0n) is 18.6. The Kier molecular flexibility index (Phi) is 7.88. The number of nitriles is 1. The first kappa shape index (κ1) is 23.6. The van der Waals surface area contributed by atoms with Crippen LogP contribution in [0.2, 0.25) is 0 Å². The molecular weight excluding hydrogens is 394 g/mol. The van der Waals surface area contributed by atoms with E-state index in [9.17, 15) is 10.1 Å². The Bertz CT molecular complexity index is 1030. The number of nitrogens with zero attached hydrogens (tertiary/aromatic N) is 3. The van der Waals surface area contributed by atoms with Crippen LogP contribution in [0.5, 0.6) is 0 Å². The molecule has 0 aliphatic heterocycles. The highest BCUT2D eigenvalue weighted by Crippen LogP contribution is 2.30. The standard InChI is InChI=1S/C24H27N3O4/c1-7-13-29-23(28)31-16-30-22(21-14-17(3)26-27(21)8-2)20(15-25)18-9-11-19(12-10-18)24(4,5)6/h1,9-12,14H,8,13,16H2,2-6H3/b22-20-. The summed E-state index contributed by atoms with van der Waals surface area (Å²) in [7, 11) is 0. The molecule has 0 unspecified atom stereocenters. The summed E-state index contributed by atoms with van der Waals surface area (Å²) in [5, 5.41) is 14.4. The topological polar surface area (TPSA) is 86.4 Å². The second-order valence-corrected chi connectivity index (χ2v) is 7.78. The van der Waals surface area contributed by atoms with Crippen LogP contribution in [0.4, 0.5) is 4.79 Å². The van der Waals surface area contributed by atoms with Gasteiger partial charge in [-0.3, -0.25) is 4.68 Å². The van der Waals surface area contributed by atoms with Crippen molar-refractivity contribution in [3.8, 4) is 18.4 Å². The number of carbonyl (C=O) groups excluding carboxylic acids is 1. The Morgan fingerprint density at radius 2 is 1.87 bits per heavy atom. The number of rotatable bonds is 7. The normalized spacial score (nSPS) is 11.7. The molecule has 0 aliphatic rings. The number of aryl methyl sites for hydroxylation is 2. The molecule has 0 amide bonds. The lowest BCUT2D eigenvalue weighted by atomic mass is 9.86. The molecular formula is C24H27N3O4. The highest BCUT2D eigenvalue weighted by Gasteiger charge is 2.20. The van der Waals surface area contributed by atoms with Gasteiger partial charge in [0.1, 0.15) is 17.3 Å². The van der Waals surface area contributed by atoms with E-state index in [2.05, 4.69) is 42.6 Å². The van der Waals surface area contributed by atoms with Gasteiger partial charge >= 0.3 is 6.16 Å². The van der Waals surface area contributed by atoms with Gasteiger partial charge in [0.2, 0.25) is 6.79 Å². The van der Waals surface area contributed by atoms with Crippen molar-refractivity contribution in [1.29, 1.82) is 5.26 Å². The van der Waals surface area contributed by atoms with Crippen molar-refractivity contribution in [2.24, 2.45) is 0 Å². The Hall–Kier alpha value is -3.71. The monoisotopic (exact) mass is 421 g/mol. The van der Waals surface area contributed by atoms with Gasteiger partial charge < -0.3 is 14.2 Å². The van der Waals surface area contributed by atoms with Gasteiger partial charge in [0, 0.05) is 6.54 Å². The summed E-state index contributed by atoms with van der Waals surface area (Å²) in [6.07, 6.45) is 4.10. The minimum absolute atomic E-state index is 0.0150. The predicted molar refractivity (Wildman–Crippen MR) is 117 cm³/mol. The predicted octanol–water partition coefficient (Wildman–Crippen LogP) is 4.66. The van der Waals surface area contributed by atoms with E-state index in [0.717, 1.165) is 11.3 Å². The summed E-state index contributed by atoms with van der Waals surface area (Å²) in [6, 6.07) is 11.8. The lowest BCUT2D eigenvalue weighted by Gasteiger charge is -2.19. The van der Waals surface area contributed by atoms with Crippen molar-refractivity contribution in [3.63, 3.8) is 0 Å². The van der Waals surface area contributed by atoms with Crippen LogP contribution in [0.3, 0.4) is 0 Å². The molecule has 0 spiro atoms. The maximum absolute atomic E-state index is 11.6. The first-order valence-corrected chi connectivity index (χ1v) is 9.87. The average Bonchev–Trinajstić information content (AvgIpc) is 3.11. The molecule has 1 heterocycles. The summed E-state index contributed by atoms with van der Waals surface area (Å²) in [6.45, 7) is 10.1. The third kappa shape index (κ3) is 6.13. The number of benzene rings is 1. The summed E-state index contributed by atoms with van der Waals surface area (Å²) < 4.78 is 17.1. The van der Waals surface area contributed by atoms with Crippen LogP contribution in [0.15, 0.2) is 30.3 Å². The molecule has 31 heavy (non-hydrogen) atoms. The number of terminal acetylenes is 1. The van der Waals surface area contributed by atoms with Gasteiger partial charge in [-0.25, -0.2) is 4.79 Å². The van der Waals surface area contributed by atoms with Crippen LogP contribution >= 0.6 is 0 Å². The van der Waals surface area contributed by atoms with Crippen molar-refractivity contribution >= 4 is 17.5 Å². The highest BCUT2D eigenvalue weighted by molar-refractivity contribution is 5.94. The zero-order valence-corrected chi connectivity index (χ0v) is 18.6. The molecule has 7 nitrogen and oxygen atoms in total. The number of hydrogen-bond acceptors (Lipinski definition) is 6. The molecule has 0 fully saturated rings.